The topological polar surface area (TPSA) is 47.6 Å². The molecular formula is C9H17NO3. The van der Waals surface area contributed by atoms with Crippen molar-refractivity contribution in [3.63, 3.8) is 0 Å². The van der Waals surface area contributed by atoms with Crippen LogP contribution in [0.5, 0.6) is 0 Å². The average molecular weight is 187 g/mol. The van der Waals surface area contributed by atoms with Gasteiger partial charge in [0.1, 0.15) is 0 Å². The molecule has 76 valence electrons. The van der Waals surface area contributed by atoms with Gasteiger partial charge in [0.15, 0.2) is 6.29 Å². The van der Waals surface area contributed by atoms with Gasteiger partial charge in [-0.2, -0.15) is 0 Å². The van der Waals surface area contributed by atoms with Crippen LogP contribution in [0.3, 0.4) is 0 Å². The number of carbonyl (C=O) groups is 1. The lowest BCUT2D eigenvalue weighted by Crippen LogP contribution is -2.29. The highest BCUT2D eigenvalue weighted by molar-refractivity contribution is 5.72. The normalized spacial score (nSPS) is 22.7. The molecule has 1 fully saturated rings. The third kappa shape index (κ3) is 4.85. The highest BCUT2D eigenvalue weighted by atomic mass is 16.7. The van der Waals surface area contributed by atoms with Crippen LogP contribution in [0.2, 0.25) is 0 Å². The van der Waals surface area contributed by atoms with E-state index in [-0.39, 0.29) is 12.2 Å². The van der Waals surface area contributed by atoms with E-state index in [1.54, 1.807) is 0 Å². The van der Waals surface area contributed by atoms with Gasteiger partial charge in [-0.3, -0.25) is 4.79 Å². The molecule has 1 heterocycles. The maximum atomic E-state index is 10.5. The number of hydrogen-bond acceptors (Lipinski definition) is 3. The van der Waals surface area contributed by atoms with E-state index >= 15 is 0 Å². The zero-order chi connectivity index (χ0) is 9.52. The highest BCUT2D eigenvalue weighted by Gasteiger charge is 2.13. The van der Waals surface area contributed by atoms with Gasteiger partial charge >= 0.3 is 0 Å². The Hall–Kier alpha value is -0.610. The summed E-state index contributed by atoms with van der Waals surface area (Å²) in [7, 11) is 0. The molecule has 4 nitrogen and oxygen atoms in total. The van der Waals surface area contributed by atoms with Crippen LogP contribution in [0, 0.1) is 0 Å². The molecule has 1 aliphatic heterocycles. The quantitative estimate of drug-likeness (QED) is 0.658. The molecule has 1 saturated heterocycles. The van der Waals surface area contributed by atoms with Gasteiger partial charge in [-0.15, -0.1) is 0 Å². The van der Waals surface area contributed by atoms with E-state index in [9.17, 15) is 4.79 Å². The first kappa shape index (κ1) is 10.5. The number of carbonyl (C=O) groups excluding carboxylic acids is 1. The fraction of sp³-hybridized carbons (Fsp3) is 0.889. The van der Waals surface area contributed by atoms with Crippen LogP contribution in [0.1, 0.15) is 26.2 Å². The van der Waals surface area contributed by atoms with E-state index in [1.165, 1.54) is 13.3 Å². The van der Waals surface area contributed by atoms with E-state index in [2.05, 4.69) is 5.32 Å². The van der Waals surface area contributed by atoms with Gasteiger partial charge in [0.2, 0.25) is 5.91 Å². The van der Waals surface area contributed by atoms with Crippen LogP contribution >= 0.6 is 0 Å². The molecule has 0 aromatic rings. The molecule has 0 aliphatic carbocycles. The summed E-state index contributed by atoms with van der Waals surface area (Å²) in [6.45, 7) is 3.39. The lowest BCUT2D eigenvalue weighted by Gasteiger charge is -2.22. The molecule has 1 amide bonds. The summed E-state index contributed by atoms with van der Waals surface area (Å²) in [6.07, 6.45) is 3.22. The maximum Gasteiger partial charge on any atom is 0.216 e. The fourth-order valence-corrected chi connectivity index (χ4v) is 1.26. The molecule has 1 unspecified atom stereocenters. The third-order valence-electron chi connectivity index (χ3n) is 1.92. The van der Waals surface area contributed by atoms with Crippen molar-refractivity contribution < 1.29 is 14.3 Å². The van der Waals surface area contributed by atoms with Crippen molar-refractivity contribution in [2.24, 2.45) is 0 Å². The van der Waals surface area contributed by atoms with E-state index in [4.69, 9.17) is 9.47 Å². The second-order valence-electron chi connectivity index (χ2n) is 3.15. The van der Waals surface area contributed by atoms with Gasteiger partial charge in [-0.1, -0.05) is 0 Å². The molecule has 0 spiro atoms. The van der Waals surface area contributed by atoms with Crippen molar-refractivity contribution in [2.45, 2.75) is 32.5 Å². The summed E-state index contributed by atoms with van der Waals surface area (Å²) in [4.78, 5) is 10.5. The molecule has 1 aliphatic rings. The summed E-state index contributed by atoms with van der Waals surface area (Å²) in [5.41, 5.74) is 0. The lowest BCUT2D eigenvalue weighted by molar-refractivity contribution is -0.161. The smallest absolute Gasteiger partial charge is 0.216 e. The summed E-state index contributed by atoms with van der Waals surface area (Å²) in [5, 5.41) is 2.67. The Kier molecular flexibility index (Phi) is 4.78. The van der Waals surface area contributed by atoms with Gasteiger partial charge in [0, 0.05) is 20.1 Å². The van der Waals surface area contributed by atoms with E-state index in [0.717, 1.165) is 19.4 Å². The Labute approximate surface area is 78.6 Å². The van der Waals surface area contributed by atoms with Crippen molar-refractivity contribution >= 4 is 5.91 Å². The van der Waals surface area contributed by atoms with Gasteiger partial charge in [0.05, 0.1) is 6.61 Å². The molecule has 4 heteroatoms. The summed E-state index contributed by atoms with van der Waals surface area (Å²) >= 11 is 0. The molecule has 1 rings (SSSR count). The van der Waals surface area contributed by atoms with Gasteiger partial charge < -0.3 is 14.8 Å². The van der Waals surface area contributed by atoms with Crippen LogP contribution in [0.25, 0.3) is 0 Å². The number of nitrogens with one attached hydrogen (secondary N) is 1. The minimum absolute atomic E-state index is 0.0202. The molecule has 0 aromatic carbocycles. The van der Waals surface area contributed by atoms with E-state index in [1.807, 2.05) is 0 Å². The zero-order valence-electron chi connectivity index (χ0n) is 8.04. The van der Waals surface area contributed by atoms with Gasteiger partial charge in [-0.05, 0) is 19.3 Å². The predicted octanol–water partition coefficient (Wildman–Crippen LogP) is 0.666. The molecule has 1 N–H and O–H groups in total. The zero-order valence-corrected chi connectivity index (χ0v) is 8.04. The van der Waals surface area contributed by atoms with Gasteiger partial charge in [0.25, 0.3) is 0 Å². The standard InChI is InChI=1S/C9H17NO3/c1-8(11)10-5-7-13-9-4-2-3-6-12-9/h9H,2-7H2,1H3,(H,10,11). The Bertz CT molecular complexity index is 155. The van der Waals surface area contributed by atoms with E-state index < -0.39 is 0 Å². The molecule has 0 saturated carbocycles. The lowest BCUT2D eigenvalue weighted by atomic mass is 10.2. The third-order valence-corrected chi connectivity index (χ3v) is 1.92. The van der Waals surface area contributed by atoms with Crippen LogP contribution in [0.15, 0.2) is 0 Å². The molecule has 13 heavy (non-hydrogen) atoms. The largest absolute Gasteiger partial charge is 0.354 e. The minimum Gasteiger partial charge on any atom is -0.354 e. The summed E-state index contributed by atoms with van der Waals surface area (Å²) in [6, 6.07) is 0. The van der Waals surface area contributed by atoms with Crippen LogP contribution in [0.4, 0.5) is 0 Å². The first-order chi connectivity index (χ1) is 6.29. The molecule has 0 bridgehead atoms. The second kappa shape index (κ2) is 5.94. The number of amides is 1. The summed E-state index contributed by atoms with van der Waals surface area (Å²) < 4.78 is 10.7. The fourth-order valence-electron chi connectivity index (χ4n) is 1.26. The number of hydrogen-bond donors (Lipinski definition) is 1. The molecular weight excluding hydrogens is 170 g/mol. The van der Waals surface area contributed by atoms with Crippen LogP contribution in [-0.2, 0) is 14.3 Å². The Morgan fingerprint density at radius 1 is 1.62 bits per heavy atom. The Morgan fingerprint density at radius 2 is 2.46 bits per heavy atom. The van der Waals surface area contributed by atoms with Crippen LogP contribution < -0.4 is 5.32 Å². The molecule has 1 atom stereocenters. The average Bonchev–Trinajstić information content (AvgIpc) is 2.14. The molecule has 0 aromatic heterocycles. The minimum atomic E-state index is -0.0532. The SMILES string of the molecule is CC(=O)NCCOC1CCCCO1. The number of rotatable bonds is 4. The summed E-state index contributed by atoms with van der Waals surface area (Å²) in [5.74, 6) is -0.0202. The first-order valence-electron chi connectivity index (χ1n) is 4.76. The van der Waals surface area contributed by atoms with Crippen LogP contribution in [-0.4, -0.2) is 32.0 Å². The Morgan fingerprint density at radius 3 is 3.08 bits per heavy atom. The van der Waals surface area contributed by atoms with Crippen molar-refractivity contribution in [2.75, 3.05) is 19.8 Å². The monoisotopic (exact) mass is 187 g/mol. The van der Waals surface area contributed by atoms with Crippen molar-refractivity contribution in [1.82, 2.24) is 5.32 Å². The highest BCUT2D eigenvalue weighted by Crippen LogP contribution is 2.12. The van der Waals surface area contributed by atoms with E-state index in [0.29, 0.717) is 13.2 Å². The van der Waals surface area contributed by atoms with Crippen molar-refractivity contribution in [1.29, 1.82) is 0 Å². The van der Waals surface area contributed by atoms with Crippen molar-refractivity contribution in [3.8, 4) is 0 Å². The second-order valence-corrected chi connectivity index (χ2v) is 3.15. The maximum absolute atomic E-state index is 10.5. The van der Waals surface area contributed by atoms with Crippen molar-refractivity contribution in [3.05, 3.63) is 0 Å². The number of ether oxygens (including phenoxy) is 2. The molecule has 0 radical (unpaired) electrons. The Balaban J connectivity index is 1.95. The first-order valence-corrected chi connectivity index (χ1v) is 4.76. The predicted molar refractivity (Wildman–Crippen MR) is 48.2 cm³/mol. The van der Waals surface area contributed by atoms with Gasteiger partial charge in [-0.25, -0.2) is 0 Å².